The summed E-state index contributed by atoms with van der Waals surface area (Å²) >= 11 is 0. The highest BCUT2D eigenvalue weighted by atomic mass is 16.3. The Labute approximate surface area is 166 Å². The van der Waals surface area contributed by atoms with Crippen LogP contribution < -0.4 is 0 Å². The Kier molecular flexibility index (Phi) is 6.82. The number of hydrogen-bond acceptors (Lipinski definition) is 3. The molecule has 2 amide bonds. The van der Waals surface area contributed by atoms with E-state index in [1.54, 1.807) is 4.90 Å². The second-order valence-electron chi connectivity index (χ2n) is 7.25. The number of rotatable bonds is 6. The number of aliphatic hydroxyl groups is 1. The van der Waals surface area contributed by atoms with Gasteiger partial charge in [0, 0.05) is 26.2 Å². The fourth-order valence-corrected chi connectivity index (χ4v) is 3.88. The summed E-state index contributed by atoms with van der Waals surface area (Å²) in [5.74, 6) is -0.528. The van der Waals surface area contributed by atoms with Crippen LogP contribution in [0.2, 0.25) is 0 Å². The van der Waals surface area contributed by atoms with Gasteiger partial charge in [-0.15, -0.1) is 0 Å². The first-order valence-electron chi connectivity index (χ1n) is 9.94. The van der Waals surface area contributed by atoms with Crippen molar-refractivity contribution in [1.29, 1.82) is 0 Å². The third kappa shape index (κ3) is 4.60. The fourth-order valence-electron chi connectivity index (χ4n) is 3.88. The Hall–Kier alpha value is -2.66. The molecule has 0 spiro atoms. The van der Waals surface area contributed by atoms with Gasteiger partial charge in [0.2, 0.25) is 11.8 Å². The molecule has 1 saturated heterocycles. The predicted molar refractivity (Wildman–Crippen MR) is 110 cm³/mol. The summed E-state index contributed by atoms with van der Waals surface area (Å²) < 4.78 is 0. The Morgan fingerprint density at radius 2 is 1.79 bits per heavy atom. The van der Waals surface area contributed by atoms with Gasteiger partial charge in [0.15, 0.2) is 0 Å². The van der Waals surface area contributed by atoms with E-state index in [1.807, 2.05) is 35.2 Å². The molecule has 1 fully saturated rings. The van der Waals surface area contributed by atoms with Crippen molar-refractivity contribution in [2.45, 2.75) is 19.8 Å². The Balaban J connectivity index is 1.90. The van der Waals surface area contributed by atoms with Crippen LogP contribution in [-0.4, -0.2) is 59.5 Å². The van der Waals surface area contributed by atoms with Gasteiger partial charge >= 0.3 is 0 Å². The van der Waals surface area contributed by atoms with Crippen molar-refractivity contribution in [2.24, 2.45) is 5.92 Å². The monoisotopic (exact) mass is 380 g/mol. The average Bonchev–Trinajstić information content (AvgIpc) is 2.89. The average molecular weight is 380 g/mol. The van der Waals surface area contributed by atoms with Gasteiger partial charge in [-0.2, -0.15) is 0 Å². The van der Waals surface area contributed by atoms with Crippen molar-refractivity contribution < 1.29 is 14.7 Å². The molecule has 0 unspecified atom stereocenters. The molecule has 2 aromatic carbocycles. The molecule has 0 aromatic heterocycles. The van der Waals surface area contributed by atoms with E-state index in [0.29, 0.717) is 32.6 Å². The van der Waals surface area contributed by atoms with E-state index in [2.05, 4.69) is 31.2 Å². The van der Waals surface area contributed by atoms with Gasteiger partial charge in [0.1, 0.15) is 6.61 Å². The van der Waals surface area contributed by atoms with E-state index >= 15 is 0 Å². The number of carbonyl (C=O) groups excluding carboxylic acids is 2. The van der Waals surface area contributed by atoms with Crippen LogP contribution in [0.15, 0.2) is 54.6 Å². The van der Waals surface area contributed by atoms with Gasteiger partial charge in [0.05, 0.1) is 5.92 Å². The van der Waals surface area contributed by atoms with Crippen molar-refractivity contribution >= 4 is 11.8 Å². The molecule has 2 aromatic rings. The molecule has 0 aliphatic carbocycles. The van der Waals surface area contributed by atoms with Crippen molar-refractivity contribution in [2.75, 3.05) is 32.8 Å². The lowest BCUT2D eigenvalue weighted by atomic mass is 9.91. The highest BCUT2D eigenvalue weighted by Crippen LogP contribution is 2.27. The summed E-state index contributed by atoms with van der Waals surface area (Å²) in [6, 6.07) is 18.3. The molecule has 148 valence electrons. The largest absolute Gasteiger partial charge is 0.387 e. The van der Waals surface area contributed by atoms with Gasteiger partial charge in [-0.25, -0.2) is 0 Å². The molecule has 28 heavy (non-hydrogen) atoms. The van der Waals surface area contributed by atoms with E-state index in [9.17, 15) is 14.7 Å². The highest BCUT2D eigenvalue weighted by molar-refractivity contribution is 5.83. The molecule has 5 heteroatoms. The molecular formula is C23H28N2O3. The topological polar surface area (TPSA) is 60.9 Å². The van der Waals surface area contributed by atoms with Crippen LogP contribution >= 0.6 is 0 Å². The summed E-state index contributed by atoms with van der Waals surface area (Å²) in [5.41, 5.74) is 3.33. The van der Waals surface area contributed by atoms with Gasteiger partial charge < -0.3 is 14.9 Å². The number of aliphatic hydroxyl groups excluding tert-OH is 1. The number of hydrogen-bond donors (Lipinski definition) is 1. The van der Waals surface area contributed by atoms with Crippen molar-refractivity contribution in [3.8, 4) is 11.1 Å². The summed E-state index contributed by atoms with van der Waals surface area (Å²) in [6.07, 6.45) is 1.45. The molecule has 1 atom stereocenters. The Morgan fingerprint density at radius 1 is 1.07 bits per heavy atom. The Bertz CT molecular complexity index is 807. The third-order valence-electron chi connectivity index (χ3n) is 5.29. The standard InChI is InChI=1S/C23H28N2O3/c1-2-12-24-13-14-25(22(27)17-26)16-20(23(24)28)15-19-10-6-7-11-21(19)18-8-4-3-5-9-18/h3-11,20,26H,2,12-17H2,1H3/t20-/m0/s1. The summed E-state index contributed by atoms with van der Waals surface area (Å²) in [7, 11) is 0. The summed E-state index contributed by atoms with van der Waals surface area (Å²) in [6.45, 7) is 3.57. The minimum absolute atomic E-state index is 0.0953. The molecule has 0 saturated carbocycles. The van der Waals surface area contributed by atoms with E-state index in [1.165, 1.54) is 0 Å². The van der Waals surface area contributed by atoms with Crippen molar-refractivity contribution in [1.82, 2.24) is 9.80 Å². The first kappa shape index (κ1) is 20.1. The minimum atomic E-state index is -0.519. The van der Waals surface area contributed by atoms with Crippen LogP contribution in [0, 0.1) is 5.92 Å². The van der Waals surface area contributed by atoms with Crippen LogP contribution in [-0.2, 0) is 16.0 Å². The lowest BCUT2D eigenvalue weighted by Crippen LogP contribution is -2.39. The summed E-state index contributed by atoms with van der Waals surface area (Å²) in [4.78, 5) is 28.8. The molecule has 0 bridgehead atoms. The molecule has 3 rings (SSSR count). The van der Waals surface area contributed by atoms with Crippen LogP contribution in [0.3, 0.4) is 0 Å². The maximum atomic E-state index is 13.2. The smallest absolute Gasteiger partial charge is 0.248 e. The molecule has 0 radical (unpaired) electrons. The fraction of sp³-hybridized carbons (Fsp3) is 0.391. The lowest BCUT2D eigenvalue weighted by molar-refractivity contribution is -0.135. The quantitative estimate of drug-likeness (QED) is 0.838. The van der Waals surface area contributed by atoms with E-state index < -0.39 is 6.61 Å². The van der Waals surface area contributed by atoms with E-state index in [0.717, 1.165) is 23.1 Å². The van der Waals surface area contributed by atoms with Gasteiger partial charge in [-0.05, 0) is 29.5 Å². The number of amides is 2. The SMILES string of the molecule is CCCN1CCN(C(=O)CO)C[C@H](Cc2ccccc2-c2ccccc2)C1=O. The van der Waals surface area contributed by atoms with Crippen molar-refractivity contribution in [3.63, 3.8) is 0 Å². The second-order valence-corrected chi connectivity index (χ2v) is 7.25. The number of benzene rings is 2. The van der Waals surface area contributed by atoms with E-state index in [4.69, 9.17) is 0 Å². The van der Waals surface area contributed by atoms with Crippen LogP contribution in [0.5, 0.6) is 0 Å². The first-order valence-corrected chi connectivity index (χ1v) is 9.94. The first-order chi connectivity index (χ1) is 13.6. The highest BCUT2D eigenvalue weighted by Gasteiger charge is 2.32. The van der Waals surface area contributed by atoms with E-state index in [-0.39, 0.29) is 17.7 Å². The van der Waals surface area contributed by atoms with Crippen molar-refractivity contribution in [3.05, 3.63) is 60.2 Å². The molecular weight excluding hydrogens is 352 g/mol. The zero-order valence-electron chi connectivity index (χ0n) is 16.4. The van der Waals surface area contributed by atoms with Crippen LogP contribution in [0.4, 0.5) is 0 Å². The Morgan fingerprint density at radius 3 is 2.50 bits per heavy atom. The van der Waals surface area contributed by atoms with Crippen LogP contribution in [0.25, 0.3) is 11.1 Å². The molecule has 1 N–H and O–H groups in total. The zero-order chi connectivity index (χ0) is 19.9. The second kappa shape index (κ2) is 9.51. The molecule has 1 aliphatic heterocycles. The van der Waals surface area contributed by atoms with Gasteiger partial charge in [0.25, 0.3) is 0 Å². The van der Waals surface area contributed by atoms with Gasteiger partial charge in [-0.1, -0.05) is 61.5 Å². The molecule has 5 nitrogen and oxygen atoms in total. The number of nitrogens with zero attached hydrogens (tertiary/aromatic N) is 2. The predicted octanol–water partition coefficient (Wildman–Crippen LogP) is 2.59. The molecule has 1 aliphatic rings. The number of carbonyl (C=O) groups is 2. The lowest BCUT2D eigenvalue weighted by Gasteiger charge is -2.24. The maximum Gasteiger partial charge on any atom is 0.248 e. The molecule has 1 heterocycles. The third-order valence-corrected chi connectivity index (χ3v) is 5.29. The minimum Gasteiger partial charge on any atom is -0.387 e. The normalized spacial score (nSPS) is 17.5. The summed E-state index contributed by atoms with van der Waals surface area (Å²) in [5, 5.41) is 9.29. The van der Waals surface area contributed by atoms with Gasteiger partial charge in [-0.3, -0.25) is 9.59 Å². The maximum absolute atomic E-state index is 13.2. The zero-order valence-corrected chi connectivity index (χ0v) is 16.4. The van der Waals surface area contributed by atoms with Crippen LogP contribution in [0.1, 0.15) is 18.9 Å².